The maximum atomic E-state index is 12.5. The van der Waals surface area contributed by atoms with E-state index in [0.29, 0.717) is 25.2 Å². The largest absolute Gasteiger partial charge is 0.548 e. The third kappa shape index (κ3) is 3.74. The highest BCUT2D eigenvalue weighted by Crippen LogP contribution is 2.30. The first kappa shape index (κ1) is 15.8. The highest BCUT2D eigenvalue weighted by atomic mass is 19.4. The van der Waals surface area contributed by atoms with Gasteiger partial charge in [0.15, 0.2) is 0 Å². The number of halogens is 3. The fourth-order valence-electron chi connectivity index (χ4n) is 2.40. The number of rotatable bonds is 3. The van der Waals surface area contributed by atoms with Crippen molar-refractivity contribution < 1.29 is 23.1 Å². The van der Waals surface area contributed by atoms with Crippen LogP contribution >= 0.6 is 0 Å². The van der Waals surface area contributed by atoms with Crippen LogP contribution in [0.5, 0.6) is 0 Å². The molecule has 1 N–H and O–H groups in total. The van der Waals surface area contributed by atoms with Gasteiger partial charge in [-0.15, -0.1) is 0 Å². The molecule has 1 fully saturated rings. The first-order valence-corrected chi connectivity index (χ1v) is 6.64. The molecule has 2 rings (SSSR count). The summed E-state index contributed by atoms with van der Waals surface area (Å²) < 4.78 is 37.6. The lowest BCUT2D eigenvalue weighted by molar-refractivity contribution is -0.311. The average Bonchev–Trinajstić information content (AvgIpc) is 2.46. The molecule has 1 aromatic carbocycles. The van der Waals surface area contributed by atoms with Crippen LogP contribution in [0, 0.1) is 0 Å². The van der Waals surface area contributed by atoms with Crippen LogP contribution in [0.1, 0.15) is 24.1 Å². The van der Waals surface area contributed by atoms with Gasteiger partial charge in [0.2, 0.25) is 0 Å². The molecule has 1 heterocycles. The maximum Gasteiger partial charge on any atom is 0.416 e. The molecule has 7 heteroatoms. The number of carboxylic acids is 1. The van der Waals surface area contributed by atoms with Gasteiger partial charge in [-0.3, -0.25) is 4.90 Å². The fourth-order valence-corrected chi connectivity index (χ4v) is 2.40. The molecule has 0 amide bonds. The van der Waals surface area contributed by atoms with Gasteiger partial charge < -0.3 is 15.2 Å². The van der Waals surface area contributed by atoms with Crippen LogP contribution in [0.2, 0.25) is 0 Å². The Morgan fingerprint density at radius 2 is 2.00 bits per heavy atom. The molecule has 2 unspecified atom stereocenters. The second-order valence-corrected chi connectivity index (χ2v) is 5.12. The number of nitrogens with zero attached hydrogens (tertiary/aromatic N) is 1. The van der Waals surface area contributed by atoms with Gasteiger partial charge in [-0.05, 0) is 24.6 Å². The molecule has 0 saturated carbocycles. The van der Waals surface area contributed by atoms with Gasteiger partial charge in [0.1, 0.15) is 0 Å². The first-order chi connectivity index (χ1) is 9.79. The van der Waals surface area contributed by atoms with E-state index in [0.717, 1.165) is 12.1 Å². The predicted molar refractivity (Wildman–Crippen MR) is 68.2 cm³/mol. The number of nitrogens with one attached hydrogen (secondary N) is 1. The minimum Gasteiger partial charge on any atom is -0.548 e. The maximum absolute atomic E-state index is 12.5. The van der Waals surface area contributed by atoms with Crippen LogP contribution in [-0.4, -0.2) is 36.5 Å². The molecule has 116 valence electrons. The lowest BCUT2D eigenvalue weighted by Crippen LogP contribution is -2.54. The number of hydrogen-bond donors (Lipinski definition) is 1. The first-order valence-electron chi connectivity index (χ1n) is 6.64. The van der Waals surface area contributed by atoms with Crippen molar-refractivity contribution in [1.29, 1.82) is 0 Å². The average molecular weight is 301 g/mol. The summed E-state index contributed by atoms with van der Waals surface area (Å²) in [5.74, 6) is -1.15. The minimum atomic E-state index is -4.35. The molecular formula is C14H16F3N2O2-. The molecular weight excluding hydrogens is 285 g/mol. The van der Waals surface area contributed by atoms with Crippen LogP contribution in [0.15, 0.2) is 24.3 Å². The molecule has 1 aliphatic heterocycles. The Morgan fingerprint density at radius 3 is 2.52 bits per heavy atom. The van der Waals surface area contributed by atoms with Crippen LogP contribution in [0.4, 0.5) is 13.2 Å². The zero-order valence-electron chi connectivity index (χ0n) is 11.5. The topological polar surface area (TPSA) is 55.4 Å². The number of benzene rings is 1. The van der Waals surface area contributed by atoms with Crippen LogP contribution in [0.25, 0.3) is 0 Å². The van der Waals surface area contributed by atoms with Crippen molar-refractivity contribution in [1.82, 2.24) is 10.2 Å². The van der Waals surface area contributed by atoms with Crippen LogP contribution < -0.4 is 10.4 Å². The van der Waals surface area contributed by atoms with Crippen molar-refractivity contribution in [3.05, 3.63) is 35.4 Å². The van der Waals surface area contributed by atoms with Gasteiger partial charge in [-0.2, -0.15) is 13.2 Å². The molecule has 1 aromatic rings. The summed E-state index contributed by atoms with van der Waals surface area (Å²) in [7, 11) is 0. The lowest BCUT2D eigenvalue weighted by atomic mass is 10.0. The molecule has 2 atom stereocenters. The monoisotopic (exact) mass is 301 g/mol. The molecule has 0 spiro atoms. The van der Waals surface area contributed by atoms with Gasteiger partial charge in [0.25, 0.3) is 0 Å². The molecule has 0 aromatic heterocycles. The molecule has 4 nitrogen and oxygen atoms in total. The van der Waals surface area contributed by atoms with Crippen molar-refractivity contribution in [2.24, 2.45) is 0 Å². The Bertz CT molecular complexity index is 502. The van der Waals surface area contributed by atoms with Crippen molar-refractivity contribution in [2.45, 2.75) is 25.2 Å². The van der Waals surface area contributed by atoms with E-state index < -0.39 is 23.8 Å². The Morgan fingerprint density at radius 1 is 1.38 bits per heavy atom. The van der Waals surface area contributed by atoms with Crippen molar-refractivity contribution >= 4 is 5.97 Å². The summed E-state index contributed by atoms with van der Waals surface area (Å²) in [6, 6.07) is 4.02. The van der Waals surface area contributed by atoms with Gasteiger partial charge in [-0.25, -0.2) is 0 Å². The summed E-state index contributed by atoms with van der Waals surface area (Å²) in [5, 5.41) is 14.1. The van der Waals surface area contributed by atoms with E-state index >= 15 is 0 Å². The number of alkyl halides is 3. The highest BCUT2D eigenvalue weighted by molar-refractivity contribution is 5.70. The number of piperazine rings is 1. The second-order valence-electron chi connectivity index (χ2n) is 5.12. The molecule has 0 aliphatic carbocycles. The Kier molecular flexibility index (Phi) is 4.53. The SMILES string of the molecule is CC(C(=O)[O-])N1CCNC(c2ccc(C(F)(F)F)cc2)C1. The quantitative estimate of drug-likeness (QED) is 0.897. The molecule has 21 heavy (non-hydrogen) atoms. The second kappa shape index (κ2) is 6.03. The summed E-state index contributed by atoms with van der Waals surface area (Å²) in [5.41, 5.74) is 0.0141. The van der Waals surface area contributed by atoms with Gasteiger partial charge in [0, 0.05) is 31.7 Å². The summed E-state index contributed by atoms with van der Waals surface area (Å²) in [6.45, 7) is 3.10. The van der Waals surface area contributed by atoms with Gasteiger partial charge >= 0.3 is 6.18 Å². The van der Waals surface area contributed by atoms with E-state index in [9.17, 15) is 23.1 Å². The van der Waals surface area contributed by atoms with Crippen molar-refractivity contribution in [3.63, 3.8) is 0 Å². The summed E-state index contributed by atoms with van der Waals surface area (Å²) >= 11 is 0. The third-order valence-corrected chi connectivity index (χ3v) is 3.74. The number of carbonyl (C=O) groups excluding carboxylic acids is 1. The van der Waals surface area contributed by atoms with Crippen LogP contribution in [0.3, 0.4) is 0 Å². The Labute approximate surface area is 120 Å². The number of carbonyl (C=O) groups is 1. The zero-order chi connectivity index (χ0) is 15.6. The smallest absolute Gasteiger partial charge is 0.416 e. The third-order valence-electron chi connectivity index (χ3n) is 3.74. The van der Waals surface area contributed by atoms with E-state index in [4.69, 9.17) is 0 Å². The molecule has 0 bridgehead atoms. The van der Waals surface area contributed by atoms with E-state index in [2.05, 4.69) is 5.32 Å². The normalized spacial score (nSPS) is 22.0. The molecule has 1 aliphatic rings. The highest BCUT2D eigenvalue weighted by Gasteiger charge is 2.31. The number of aliphatic carboxylic acids is 1. The Hall–Kier alpha value is -1.60. The molecule has 0 radical (unpaired) electrons. The number of hydrogen-bond acceptors (Lipinski definition) is 4. The Balaban J connectivity index is 2.09. The van der Waals surface area contributed by atoms with Gasteiger partial charge in [0.05, 0.1) is 11.5 Å². The summed E-state index contributed by atoms with van der Waals surface area (Å²) in [4.78, 5) is 12.6. The predicted octanol–water partition coefficient (Wildman–Crippen LogP) is 0.790. The fraction of sp³-hybridized carbons (Fsp3) is 0.500. The standard InChI is InChI=1S/C14H17F3N2O2/c1-9(13(20)21)19-7-6-18-12(8-19)10-2-4-11(5-3-10)14(15,16)17/h2-5,9,12,18H,6-8H2,1H3,(H,20,21)/p-1. The van der Waals surface area contributed by atoms with Crippen LogP contribution in [-0.2, 0) is 11.0 Å². The van der Waals surface area contributed by atoms with E-state index in [-0.39, 0.29) is 6.04 Å². The van der Waals surface area contributed by atoms with E-state index in [1.807, 2.05) is 0 Å². The lowest BCUT2D eigenvalue weighted by Gasteiger charge is -2.38. The van der Waals surface area contributed by atoms with E-state index in [1.54, 1.807) is 11.8 Å². The van der Waals surface area contributed by atoms with Gasteiger partial charge in [-0.1, -0.05) is 12.1 Å². The number of carboxylic acid groups (broad SMARTS) is 1. The zero-order valence-corrected chi connectivity index (χ0v) is 11.5. The molecule has 1 saturated heterocycles. The van der Waals surface area contributed by atoms with Crippen molar-refractivity contribution in [2.75, 3.05) is 19.6 Å². The summed E-state index contributed by atoms with van der Waals surface area (Å²) in [6.07, 6.45) is -4.35. The van der Waals surface area contributed by atoms with Crippen molar-refractivity contribution in [3.8, 4) is 0 Å². The van der Waals surface area contributed by atoms with E-state index in [1.165, 1.54) is 12.1 Å². The minimum absolute atomic E-state index is 0.192.